The number of nitrogens with two attached hydrogens (primary N) is 1. The number of alkyl halides is 3. The number of anilines is 2. The number of nitrogens with zero attached hydrogens (tertiary/aromatic N) is 1. The van der Waals surface area contributed by atoms with Crippen LogP contribution in [0.1, 0.15) is 13.3 Å². The fraction of sp³-hybridized carbons (Fsp3) is 0.400. The third-order valence-corrected chi connectivity index (χ3v) is 2.19. The maximum atomic E-state index is 12.1. The highest BCUT2D eigenvalue weighted by molar-refractivity contribution is 5.74. The molecule has 3 N–H and O–H groups in total. The Bertz CT molecular complexity index is 448. The summed E-state index contributed by atoms with van der Waals surface area (Å²) in [5, 5.41) is 13.2. The first-order valence-electron chi connectivity index (χ1n) is 5.07. The van der Waals surface area contributed by atoms with Gasteiger partial charge in [0.25, 0.3) is 0 Å². The van der Waals surface area contributed by atoms with Crippen LogP contribution in [0.4, 0.5) is 30.2 Å². The first-order valence-corrected chi connectivity index (χ1v) is 5.07. The van der Waals surface area contributed by atoms with Crippen molar-refractivity contribution in [2.75, 3.05) is 11.1 Å². The number of nitrogen functional groups attached to an aromatic ring is 1. The smallest absolute Gasteiger partial charge is 0.391 e. The first kappa shape index (κ1) is 14.1. The van der Waals surface area contributed by atoms with E-state index in [0.717, 1.165) is 0 Å². The van der Waals surface area contributed by atoms with Crippen LogP contribution in [-0.2, 0) is 0 Å². The van der Waals surface area contributed by atoms with E-state index in [9.17, 15) is 23.3 Å². The number of benzene rings is 1. The van der Waals surface area contributed by atoms with E-state index >= 15 is 0 Å². The van der Waals surface area contributed by atoms with Crippen molar-refractivity contribution >= 4 is 17.1 Å². The number of hydrogen-bond acceptors (Lipinski definition) is 4. The minimum Gasteiger partial charge on any atom is -0.393 e. The molecule has 0 saturated carbocycles. The van der Waals surface area contributed by atoms with Crippen molar-refractivity contribution in [3.8, 4) is 0 Å². The van der Waals surface area contributed by atoms with E-state index in [1.54, 1.807) is 0 Å². The van der Waals surface area contributed by atoms with E-state index in [-0.39, 0.29) is 11.4 Å². The average molecular weight is 263 g/mol. The standard InChI is InChI=1S/C10H12F3N3O2/c1-6(5-10(11,12)13)15-8-4-2-3-7(14)9(8)16(17)18/h2-4,6,15H,5,14H2,1H3. The van der Waals surface area contributed by atoms with E-state index < -0.39 is 29.2 Å². The second-order valence-electron chi connectivity index (χ2n) is 3.87. The van der Waals surface area contributed by atoms with Gasteiger partial charge in [-0.3, -0.25) is 10.1 Å². The molecule has 0 spiro atoms. The van der Waals surface area contributed by atoms with E-state index in [1.807, 2.05) is 0 Å². The van der Waals surface area contributed by atoms with E-state index in [2.05, 4.69) is 5.32 Å². The number of para-hydroxylation sites is 1. The molecule has 1 aromatic rings. The molecule has 1 unspecified atom stereocenters. The van der Waals surface area contributed by atoms with E-state index in [4.69, 9.17) is 5.73 Å². The van der Waals surface area contributed by atoms with Gasteiger partial charge < -0.3 is 11.1 Å². The molecule has 0 bridgehead atoms. The molecule has 0 radical (unpaired) electrons. The van der Waals surface area contributed by atoms with Gasteiger partial charge in [0.15, 0.2) is 0 Å². The normalized spacial score (nSPS) is 13.1. The summed E-state index contributed by atoms with van der Waals surface area (Å²) in [5.41, 5.74) is 4.90. The number of nitro groups is 1. The van der Waals surface area contributed by atoms with Gasteiger partial charge in [-0.2, -0.15) is 13.2 Å². The Hall–Kier alpha value is -1.99. The van der Waals surface area contributed by atoms with Crippen molar-refractivity contribution in [2.24, 2.45) is 0 Å². The Kier molecular flexibility index (Phi) is 4.00. The molecule has 0 heterocycles. The summed E-state index contributed by atoms with van der Waals surface area (Å²) in [6, 6.07) is 3.09. The average Bonchev–Trinajstić information content (AvgIpc) is 2.13. The molecule has 5 nitrogen and oxygen atoms in total. The minimum absolute atomic E-state index is 0.0169. The number of nitrogens with one attached hydrogen (secondary N) is 1. The largest absolute Gasteiger partial charge is 0.393 e. The van der Waals surface area contributed by atoms with Gasteiger partial charge in [0.1, 0.15) is 11.4 Å². The highest BCUT2D eigenvalue weighted by atomic mass is 19.4. The van der Waals surface area contributed by atoms with Crippen molar-refractivity contribution in [2.45, 2.75) is 25.6 Å². The van der Waals surface area contributed by atoms with Gasteiger partial charge in [-0.25, -0.2) is 0 Å². The molecule has 0 aliphatic rings. The van der Waals surface area contributed by atoms with Gasteiger partial charge in [-0.1, -0.05) is 6.07 Å². The summed E-state index contributed by atoms with van der Waals surface area (Å²) in [7, 11) is 0. The fourth-order valence-corrected chi connectivity index (χ4v) is 1.55. The highest BCUT2D eigenvalue weighted by Gasteiger charge is 2.31. The number of halogens is 3. The van der Waals surface area contributed by atoms with Crippen LogP contribution in [0.5, 0.6) is 0 Å². The van der Waals surface area contributed by atoms with Crippen LogP contribution in [0.3, 0.4) is 0 Å². The van der Waals surface area contributed by atoms with Gasteiger partial charge in [0.05, 0.1) is 11.3 Å². The van der Waals surface area contributed by atoms with Crippen LogP contribution in [0.15, 0.2) is 18.2 Å². The summed E-state index contributed by atoms with van der Waals surface area (Å²) in [6.07, 6.45) is -5.42. The SMILES string of the molecule is CC(CC(F)(F)F)Nc1cccc(N)c1[N+](=O)[O-]. The second kappa shape index (κ2) is 5.11. The van der Waals surface area contributed by atoms with Gasteiger partial charge in [-0.15, -0.1) is 0 Å². The molecule has 0 fully saturated rings. The molecule has 18 heavy (non-hydrogen) atoms. The third-order valence-electron chi connectivity index (χ3n) is 2.19. The molecule has 0 saturated heterocycles. The van der Waals surface area contributed by atoms with Gasteiger partial charge in [-0.05, 0) is 19.1 Å². The lowest BCUT2D eigenvalue weighted by Gasteiger charge is -2.17. The van der Waals surface area contributed by atoms with Crippen LogP contribution in [0.25, 0.3) is 0 Å². The van der Waals surface area contributed by atoms with Crippen LogP contribution >= 0.6 is 0 Å². The summed E-state index contributed by atoms with van der Waals surface area (Å²) in [5.74, 6) is 0. The topological polar surface area (TPSA) is 81.2 Å². The maximum absolute atomic E-state index is 12.1. The Labute approximate surface area is 101 Å². The molecule has 1 atom stereocenters. The van der Waals surface area contributed by atoms with Crippen molar-refractivity contribution < 1.29 is 18.1 Å². The van der Waals surface area contributed by atoms with E-state index in [1.165, 1.54) is 25.1 Å². The predicted octanol–water partition coefficient (Wildman–Crippen LogP) is 2.93. The lowest BCUT2D eigenvalue weighted by Crippen LogP contribution is -2.24. The Morgan fingerprint density at radius 3 is 2.61 bits per heavy atom. The van der Waals surface area contributed by atoms with Gasteiger partial charge in [0, 0.05) is 6.04 Å². The quantitative estimate of drug-likeness (QED) is 0.497. The summed E-state index contributed by atoms with van der Waals surface area (Å²) in [6.45, 7) is 1.29. The van der Waals surface area contributed by atoms with Crippen molar-refractivity contribution in [1.29, 1.82) is 0 Å². The monoisotopic (exact) mass is 263 g/mol. The molecule has 0 aliphatic carbocycles. The highest BCUT2D eigenvalue weighted by Crippen LogP contribution is 2.32. The molecule has 1 rings (SSSR count). The Balaban J connectivity index is 2.91. The number of hydrogen-bond donors (Lipinski definition) is 2. The van der Waals surface area contributed by atoms with E-state index in [0.29, 0.717) is 0 Å². The van der Waals surface area contributed by atoms with Gasteiger partial charge >= 0.3 is 11.9 Å². The fourth-order valence-electron chi connectivity index (χ4n) is 1.55. The maximum Gasteiger partial charge on any atom is 0.391 e. The van der Waals surface area contributed by atoms with Crippen LogP contribution in [0, 0.1) is 10.1 Å². The zero-order valence-corrected chi connectivity index (χ0v) is 9.49. The molecule has 1 aromatic carbocycles. The lowest BCUT2D eigenvalue weighted by atomic mass is 10.2. The summed E-state index contributed by atoms with van der Waals surface area (Å²) in [4.78, 5) is 10.0. The predicted molar refractivity (Wildman–Crippen MR) is 61.3 cm³/mol. The Morgan fingerprint density at radius 2 is 2.11 bits per heavy atom. The zero-order chi connectivity index (χ0) is 13.9. The lowest BCUT2D eigenvalue weighted by molar-refractivity contribution is -0.383. The number of nitro benzene ring substituents is 1. The summed E-state index contributed by atoms with van der Waals surface area (Å²) < 4.78 is 36.4. The molecule has 100 valence electrons. The molecule has 8 heteroatoms. The van der Waals surface area contributed by atoms with Crippen molar-refractivity contribution in [3.05, 3.63) is 28.3 Å². The van der Waals surface area contributed by atoms with Crippen molar-refractivity contribution in [1.82, 2.24) is 0 Å². The Morgan fingerprint density at radius 1 is 1.50 bits per heavy atom. The summed E-state index contributed by atoms with van der Waals surface area (Å²) >= 11 is 0. The van der Waals surface area contributed by atoms with Gasteiger partial charge in [0.2, 0.25) is 0 Å². The molecule has 0 aromatic heterocycles. The molecular weight excluding hydrogens is 251 g/mol. The van der Waals surface area contributed by atoms with Crippen LogP contribution < -0.4 is 11.1 Å². The number of rotatable bonds is 4. The molecule has 0 aliphatic heterocycles. The molecule has 0 amide bonds. The minimum atomic E-state index is -4.33. The van der Waals surface area contributed by atoms with Crippen LogP contribution in [-0.4, -0.2) is 17.1 Å². The first-order chi connectivity index (χ1) is 8.20. The van der Waals surface area contributed by atoms with Crippen LogP contribution in [0.2, 0.25) is 0 Å². The second-order valence-corrected chi connectivity index (χ2v) is 3.87. The van der Waals surface area contributed by atoms with Crippen molar-refractivity contribution in [3.63, 3.8) is 0 Å². The molecular formula is C10H12F3N3O2. The zero-order valence-electron chi connectivity index (χ0n) is 9.49. The third kappa shape index (κ3) is 3.79.